The van der Waals surface area contributed by atoms with Crippen molar-refractivity contribution in [1.29, 1.82) is 0 Å². The highest BCUT2D eigenvalue weighted by molar-refractivity contribution is 7.47. The second kappa shape index (κ2) is 18.7. The number of rotatable bonds is 20. The molecule has 0 saturated heterocycles. The van der Waals surface area contributed by atoms with Gasteiger partial charge < -0.3 is 24.9 Å². The van der Waals surface area contributed by atoms with Crippen molar-refractivity contribution >= 4 is 7.82 Å². The fourth-order valence-electron chi connectivity index (χ4n) is 2.29. The lowest BCUT2D eigenvalue weighted by Gasteiger charge is -2.16. The van der Waals surface area contributed by atoms with Crippen molar-refractivity contribution in [3.05, 3.63) is 12.2 Å². The van der Waals surface area contributed by atoms with Crippen molar-refractivity contribution in [2.45, 2.75) is 76.9 Å². The molecule has 0 aliphatic rings. The molecule has 0 aromatic heterocycles. The molecule has 0 heterocycles. The Labute approximate surface area is 169 Å². The van der Waals surface area contributed by atoms with Gasteiger partial charge in [-0.05, 0) is 25.7 Å². The van der Waals surface area contributed by atoms with Gasteiger partial charge in [-0.2, -0.15) is 0 Å². The van der Waals surface area contributed by atoms with Crippen LogP contribution in [0.15, 0.2) is 12.2 Å². The van der Waals surface area contributed by atoms with Crippen LogP contribution in [0.3, 0.4) is 0 Å². The van der Waals surface area contributed by atoms with Crippen molar-refractivity contribution in [3.63, 3.8) is 0 Å². The Balaban J connectivity index is 3.47. The molecule has 0 spiro atoms. The average molecular weight is 426 g/mol. The molecule has 4 N–H and O–H groups in total. The van der Waals surface area contributed by atoms with E-state index in [1.54, 1.807) is 0 Å². The van der Waals surface area contributed by atoms with Crippen LogP contribution in [0.4, 0.5) is 0 Å². The number of hydrogen-bond acceptors (Lipinski definition) is 7. The van der Waals surface area contributed by atoms with Gasteiger partial charge in [0.2, 0.25) is 0 Å². The van der Waals surface area contributed by atoms with Crippen LogP contribution in [-0.2, 0) is 18.3 Å². The zero-order valence-corrected chi connectivity index (χ0v) is 18.0. The third-order valence-corrected chi connectivity index (χ3v) is 4.86. The van der Waals surface area contributed by atoms with E-state index in [2.05, 4.69) is 28.1 Å². The SMILES string of the molecule is CCC/C=C\CCCCCCCCOCC(O)COP(=O)(O)OCC(O)CO. The molecular formula is C19H39O8P. The Bertz CT molecular complexity index is 419. The van der Waals surface area contributed by atoms with E-state index in [4.69, 9.17) is 14.9 Å². The summed E-state index contributed by atoms with van der Waals surface area (Å²) < 4.78 is 25.9. The predicted octanol–water partition coefficient (Wildman–Crippen LogP) is 2.94. The summed E-state index contributed by atoms with van der Waals surface area (Å²) in [6.07, 6.45) is 12.6. The van der Waals surface area contributed by atoms with Crippen LogP contribution in [0.2, 0.25) is 0 Å². The topological polar surface area (TPSA) is 126 Å². The van der Waals surface area contributed by atoms with E-state index >= 15 is 0 Å². The van der Waals surface area contributed by atoms with Crippen LogP contribution in [0.25, 0.3) is 0 Å². The van der Waals surface area contributed by atoms with E-state index in [0.29, 0.717) is 6.61 Å². The maximum atomic E-state index is 11.5. The first-order valence-electron chi connectivity index (χ1n) is 10.2. The first-order valence-corrected chi connectivity index (χ1v) is 11.7. The summed E-state index contributed by atoms with van der Waals surface area (Å²) in [5.41, 5.74) is 0. The molecule has 168 valence electrons. The summed E-state index contributed by atoms with van der Waals surface area (Å²) in [6.45, 7) is 1.16. The summed E-state index contributed by atoms with van der Waals surface area (Å²) in [5.74, 6) is 0. The molecular weight excluding hydrogens is 387 g/mol. The predicted molar refractivity (Wildman–Crippen MR) is 108 cm³/mol. The first-order chi connectivity index (χ1) is 13.4. The molecule has 3 atom stereocenters. The molecule has 0 amide bonds. The number of aliphatic hydroxyl groups is 3. The van der Waals surface area contributed by atoms with E-state index in [1.807, 2.05) is 0 Å². The number of aliphatic hydroxyl groups excluding tert-OH is 3. The molecule has 0 saturated carbocycles. The molecule has 0 aromatic rings. The Morgan fingerprint density at radius 3 is 2.07 bits per heavy atom. The molecule has 0 aromatic carbocycles. The number of allylic oxidation sites excluding steroid dienone is 2. The van der Waals surface area contributed by atoms with E-state index in [-0.39, 0.29) is 6.61 Å². The van der Waals surface area contributed by atoms with Crippen LogP contribution >= 0.6 is 7.82 Å². The maximum Gasteiger partial charge on any atom is 0.472 e. The van der Waals surface area contributed by atoms with E-state index < -0.39 is 39.9 Å². The molecule has 0 radical (unpaired) electrons. The molecule has 3 unspecified atom stereocenters. The highest BCUT2D eigenvalue weighted by Gasteiger charge is 2.24. The zero-order valence-electron chi connectivity index (χ0n) is 17.1. The van der Waals surface area contributed by atoms with Gasteiger partial charge in [-0.25, -0.2) is 4.57 Å². The Kier molecular flexibility index (Phi) is 18.5. The fraction of sp³-hybridized carbons (Fsp3) is 0.895. The minimum atomic E-state index is -4.38. The van der Waals surface area contributed by atoms with Gasteiger partial charge in [0.25, 0.3) is 0 Å². The van der Waals surface area contributed by atoms with Crippen LogP contribution < -0.4 is 0 Å². The standard InChI is InChI=1S/C19H39O8P/c1-2-3-4-5-6-7-8-9-10-11-12-13-25-15-19(22)17-27-28(23,24)26-16-18(21)14-20/h4-5,18-22H,2-3,6-17H2,1H3,(H,23,24)/b5-4-. The quantitative estimate of drug-likeness (QED) is 0.133. The van der Waals surface area contributed by atoms with Gasteiger partial charge in [-0.1, -0.05) is 51.2 Å². The average Bonchev–Trinajstić information content (AvgIpc) is 2.68. The molecule has 0 aliphatic heterocycles. The van der Waals surface area contributed by atoms with Gasteiger partial charge in [0.05, 0.1) is 26.4 Å². The number of unbranched alkanes of at least 4 members (excludes halogenated alkanes) is 7. The molecule has 0 bridgehead atoms. The molecule has 8 nitrogen and oxygen atoms in total. The smallest absolute Gasteiger partial charge is 0.394 e. The summed E-state index contributed by atoms with van der Waals surface area (Å²) in [7, 11) is -4.38. The number of phosphoric ester groups is 1. The van der Waals surface area contributed by atoms with Crippen molar-refractivity contribution in [2.75, 3.05) is 33.0 Å². The summed E-state index contributed by atoms with van der Waals surface area (Å²) in [6, 6.07) is 0. The lowest BCUT2D eigenvalue weighted by atomic mass is 10.1. The molecule has 0 aliphatic carbocycles. The molecule has 9 heteroatoms. The van der Waals surface area contributed by atoms with Gasteiger partial charge >= 0.3 is 7.82 Å². The first kappa shape index (κ1) is 27.7. The van der Waals surface area contributed by atoms with Gasteiger partial charge in [0, 0.05) is 6.61 Å². The molecule has 0 fully saturated rings. The maximum absolute atomic E-state index is 11.5. The number of hydrogen-bond donors (Lipinski definition) is 4. The lowest BCUT2D eigenvalue weighted by molar-refractivity contribution is -0.00437. The minimum Gasteiger partial charge on any atom is -0.394 e. The number of phosphoric acid groups is 1. The van der Waals surface area contributed by atoms with E-state index in [9.17, 15) is 14.6 Å². The normalized spacial score (nSPS) is 16.3. The minimum absolute atomic E-state index is 0.00333. The fourth-order valence-corrected chi connectivity index (χ4v) is 3.09. The van der Waals surface area contributed by atoms with Gasteiger partial charge in [-0.15, -0.1) is 0 Å². The largest absolute Gasteiger partial charge is 0.472 e. The van der Waals surface area contributed by atoms with Crippen LogP contribution in [0.1, 0.15) is 64.7 Å². The second-order valence-corrected chi connectivity index (χ2v) is 8.25. The summed E-state index contributed by atoms with van der Waals surface area (Å²) in [5, 5.41) is 27.3. The summed E-state index contributed by atoms with van der Waals surface area (Å²) in [4.78, 5) is 9.35. The van der Waals surface area contributed by atoms with E-state index in [0.717, 1.165) is 19.3 Å². The van der Waals surface area contributed by atoms with Crippen LogP contribution in [-0.4, -0.2) is 65.5 Å². The zero-order chi connectivity index (χ0) is 21.1. The second-order valence-electron chi connectivity index (χ2n) is 6.80. The van der Waals surface area contributed by atoms with Crippen molar-refractivity contribution in [2.24, 2.45) is 0 Å². The van der Waals surface area contributed by atoms with Crippen LogP contribution in [0.5, 0.6) is 0 Å². The van der Waals surface area contributed by atoms with E-state index in [1.165, 1.54) is 38.5 Å². The van der Waals surface area contributed by atoms with Crippen molar-refractivity contribution in [1.82, 2.24) is 0 Å². The van der Waals surface area contributed by atoms with Crippen molar-refractivity contribution in [3.8, 4) is 0 Å². The van der Waals surface area contributed by atoms with Gasteiger partial charge in [0.15, 0.2) is 0 Å². The summed E-state index contributed by atoms with van der Waals surface area (Å²) >= 11 is 0. The lowest BCUT2D eigenvalue weighted by Crippen LogP contribution is -2.23. The number of ether oxygens (including phenoxy) is 1. The Morgan fingerprint density at radius 1 is 0.857 bits per heavy atom. The van der Waals surface area contributed by atoms with Crippen LogP contribution in [0, 0.1) is 0 Å². The monoisotopic (exact) mass is 426 g/mol. The highest BCUT2D eigenvalue weighted by Crippen LogP contribution is 2.43. The van der Waals surface area contributed by atoms with Crippen molar-refractivity contribution < 1.29 is 38.6 Å². The van der Waals surface area contributed by atoms with Gasteiger partial charge in [0.1, 0.15) is 12.2 Å². The Hall–Kier alpha value is -0.310. The van der Waals surface area contributed by atoms with Gasteiger partial charge in [-0.3, -0.25) is 9.05 Å². The Morgan fingerprint density at radius 2 is 1.43 bits per heavy atom. The highest BCUT2D eigenvalue weighted by atomic mass is 31.2. The third kappa shape index (κ3) is 19.0. The molecule has 0 rings (SSSR count). The third-order valence-electron chi connectivity index (χ3n) is 3.91. The molecule has 28 heavy (non-hydrogen) atoms.